The first-order chi connectivity index (χ1) is 9.26. The highest BCUT2D eigenvalue weighted by Crippen LogP contribution is 2.37. The van der Waals surface area contributed by atoms with Crippen LogP contribution < -0.4 is 14.2 Å². The van der Waals surface area contributed by atoms with Crippen LogP contribution in [0.3, 0.4) is 0 Å². The summed E-state index contributed by atoms with van der Waals surface area (Å²) in [5.74, 6) is 2.87. The fourth-order valence-electron chi connectivity index (χ4n) is 2.82. The number of ether oxygens (including phenoxy) is 3. The van der Waals surface area contributed by atoms with E-state index in [1.165, 1.54) is 0 Å². The van der Waals surface area contributed by atoms with Gasteiger partial charge in [-0.2, -0.15) is 0 Å². The average molecular weight is 264 g/mol. The number of aliphatic hydroxyl groups is 1. The van der Waals surface area contributed by atoms with Crippen molar-refractivity contribution in [1.82, 2.24) is 0 Å². The van der Waals surface area contributed by atoms with E-state index >= 15 is 0 Å². The second-order valence-corrected chi connectivity index (χ2v) is 5.33. The van der Waals surface area contributed by atoms with Crippen LogP contribution in [-0.2, 0) is 0 Å². The van der Waals surface area contributed by atoms with Gasteiger partial charge in [-0.15, -0.1) is 0 Å². The third kappa shape index (κ3) is 2.63. The molecule has 3 rings (SSSR count). The van der Waals surface area contributed by atoms with Crippen molar-refractivity contribution < 1.29 is 19.3 Å². The molecule has 19 heavy (non-hydrogen) atoms. The lowest BCUT2D eigenvalue weighted by Crippen LogP contribution is -2.38. The lowest BCUT2D eigenvalue weighted by molar-refractivity contribution is -0.0109. The predicted molar refractivity (Wildman–Crippen MR) is 70.6 cm³/mol. The van der Waals surface area contributed by atoms with Crippen molar-refractivity contribution in [2.24, 2.45) is 5.92 Å². The SMILES string of the molecule is CCC1CCC(O)C(Oc2ccc3c(c2)OCO3)C1. The van der Waals surface area contributed by atoms with E-state index in [9.17, 15) is 5.11 Å². The summed E-state index contributed by atoms with van der Waals surface area (Å²) in [4.78, 5) is 0. The van der Waals surface area contributed by atoms with Gasteiger partial charge in [0.1, 0.15) is 11.9 Å². The Hall–Kier alpha value is -1.42. The van der Waals surface area contributed by atoms with Gasteiger partial charge >= 0.3 is 0 Å². The molecular weight excluding hydrogens is 244 g/mol. The molecule has 0 radical (unpaired) electrons. The summed E-state index contributed by atoms with van der Waals surface area (Å²) in [7, 11) is 0. The standard InChI is InChI=1S/C15H20O4/c1-2-10-3-5-12(16)14(7-10)19-11-4-6-13-15(8-11)18-9-17-13/h4,6,8,10,12,14,16H,2-3,5,7,9H2,1H3. The predicted octanol–water partition coefficient (Wildman–Crippen LogP) is 2.73. The van der Waals surface area contributed by atoms with E-state index in [4.69, 9.17) is 14.2 Å². The first-order valence-corrected chi connectivity index (χ1v) is 7.00. The lowest BCUT2D eigenvalue weighted by Gasteiger charge is -2.33. The van der Waals surface area contributed by atoms with Crippen LogP contribution in [0.2, 0.25) is 0 Å². The van der Waals surface area contributed by atoms with Gasteiger partial charge in [-0.3, -0.25) is 0 Å². The van der Waals surface area contributed by atoms with Gasteiger partial charge in [0.2, 0.25) is 6.79 Å². The molecule has 0 aromatic heterocycles. The molecule has 1 fully saturated rings. The Kier molecular flexibility index (Phi) is 3.51. The monoisotopic (exact) mass is 264 g/mol. The maximum Gasteiger partial charge on any atom is 0.231 e. The average Bonchev–Trinajstić information content (AvgIpc) is 2.89. The van der Waals surface area contributed by atoms with E-state index in [-0.39, 0.29) is 19.0 Å². The molecule has 1 aliphatic carbocycles. The zero-order chi connectivity index (χ0) is 13.2. The zero-order valence-corrected chi connectivity index (χ0v) is 11.2. The van der Waals surface area contributed by atoms with Crippen molar-refractivity contribution in [2.75, 3.05) is 6.79 Å². The summed E-state index contributed by atoms with van der Waals surface area (Å²) in [5.41, 5.74) is 0. The summed E-state index contributed by atoms with van der Waals surface area (Å²) in [5, 5.41) is 10.1. The first-order valence-electron chi connectivity index (χ1n) is 7.00. The molecule has 4 nitrogen and oxygen atoms in total. The maximum atomic E-state index is 10.1. The minimum atomic E-state index is -0.367. The van der Waals surface area contributed by atoms with Crippen LogP contribution in [0, 0.1) is 5.92 Å². The van der Waals surface area contributed by atoms with Gasteiger partial charge in [0.15, 0.2) is 11.5 Å². The summed E-state index contributed by atoms with van der Waals surface area (Å²) in [6.45, 7) is 2.46. The Morgan fingerprint density at radius 1 is 1.26 bits per heavy atom. The smallest absolute Gasteiger partial charge is 0.231 e. The van der Waals surface area contributed by atoms with E-state index in [0.29, 0.717) is 5.92 Å². The van der Waals surface area contributed by atoms with Crippen molar-refractivity contribution in [1.29, 1.82) is 0 Å². The summed E-state index contributed by atoms with van der Waals surface area (Å²) in [6.07, 6.45) is 3.51. The zero-order valence-electron chi connectivity index (χ0n) is 11.2. The molecule has 104 valence electrons. The molecule has 0 amide bonds. The molecule has 0 saturated heterocycles. The van der Waals surface area contributed by atoms with Crippen LogP contribution in [0.15, 0.2) is 18.2 Å². The van der Waals surface area contributed by atoms with Gasteiger partial charge in [0, 0.05) is 6.07 Å². The number of benzene rings is 1. The fraction of sp³-hybridized carbons (Fsp3) is 0.600. The number of hydrogen-bond donors (Lipinski definition) is 1. The van der Waals surface area contributed by atoms with E-state index in [1.54, 1.807) is 0 Å². The molecule has 1 saturated carbocycles. The molecule has 1 aromatic carbocycles. The van der Waals surface area contributed by atoms with Crippen LogP contribution in [0.5, 0.6) is 17.2 Å². The Morgan fingerprint density at radius 2 is 2.11 bits per heavy atom. The quantitative estimate of drug-likeness (QED) is 0.912. The number of hydrogen-bond acceptors (Lipinski definition) is 4. The van der Waals surface area contributed by atoms with Crippen molar-refractivity contribution in [3.8, 4) is 17.2 Å². The molecular formula is C15H20O4. The Balaban J connectivity index is 1.69. The van der Waals surface area contributed by atoms with Gasteiger partial charge in [0.25, 0.3) is 0 Å². The summed E-state index contributed by atoms with van der Waals surface area (Å²) >= 11 is 0. The van der Waals surface area contributed by atoms with Crippen LogP contribution in [0.1, 0.15) is 32.6 Å². The molecule has 1 N–H and O–H groups in total. The van der Waals surface area contributed by atoms with Crippen LogP contribution in [0.25, 0.3) is 0 Å². The highest BCUT2D eigenvalue weighted by atomic mass is 16.7. The number of fused-ring (bicyclic) bond motifs is 1. The van der Waals surface area contributed by atoms with Gasteiger partial charge in [0.05, 0.1) is 6.10 Å². The third-order valence-electron chi connectivity index (χ3n) is 4.07. The second kappa shape index (κ2) is 5.29. The molecule has 4 heteroatoms. The molecule has 3 atom stereocenters. The number of aliphatic hydroxyl groups excluding tert-OH is 1. The maximum absolute atomic E-state index is 10.1. The van der Waals surface area contributed by atoms with E-state index in [2.05, 4.69) is 6.92 Å². The van der Waals surface area contributed by atoms with Gasteiger partial charge in [-0.05, 0) is 37.3 Å². The largest absolute Gasteiger partial charge is 0.488 e. The van der Waals surface area contributed by atoms with Crippen molar-refractivity contribution in [3.63, 3.8) is 0 Å². The van der Waals surface area contributed by atoms with Crippen LogP contribution >= 0.6 is 0 Å². The molecule has 2 aliphatic rings. The molecule has 1 heterocycles. The first kappa shape index (κ1) is 12.6. The minimum Gasteiger partial charge on any atom is -0.488 e. The van der Waals surface area contributed by atoms with Gasteiger partial charge in [-0.25, -0.2) is 0 Å². The van der Waals surface area contributed by atoms with E-state index in [0.717, 1.165) is 42.9 Å². The topological polar surface area (TPSA) is 47.9 Å². The molecule has 3 unspecified atom stereocenters. The third-order valence-corrected chi connectivity index (χ3v) is 4.07. The van der Waals surface area contributed by atoms with Gasteiger partial charge < -0.3 is 19.3 Å². The lowest BCUT2D eigenvalue weighted by atomic mass is 9.84. The highest BCUT2D eigenvalue weighted by Gasteiger charge is 2.30. The van der Waals surface area contributed by atoms with E-state index < -0.39 is 0 Å². The normalized spacial score (nSPS) is 29.3. The Morgan fingerprint density at radius 3 is 2.95 bits per heavy atom. The molecule has 0 spiro atoms. The van der Waals surface area contributed by atoms with Crippen molar-refractivity contribution in [3.05, 3.63) is 18.2 Å². The molecule has 1 aromatic rings. The molecule has 1 aliphatic heterocycles. The highest BCUT2D eigenvalue weighted by molar-refractivity contribution is 5.46. The van der Waals surface area contributed by atoms with Crippen LogP contribution in [0.4, 0.5) is 0 Å². The van der Waals surface area contributed by atoms with Crippen molar-refractivity contribution >= 4 is 0 Å². The Labute approximate surface area is 113 Å². The Bertz CT molecular complexity index is 446. The van der Waals surface area contributed by atoms with E-state index in [1.807, 2.05) is 18.2 Å². The van der Waals surface area contributed by atoms with Crippen LogP contribution in [-0.4, -0.2) is 24.1 Å². The number of rotatable bonds is 3. The van der Waals surface area contributed by atoms with Crippen molar-refractivity contribution in [2.45, 2.75) is 44.8 Å². The summed E-state index contributed by atoms with van der Waals surface area (Å²) in [6, 6.07) is 5.56. The van der Waals surface area contributed by atoms with Gasteiger partial charge in [-0.1, -0.05) is 13.3 Å². The molecule has 0 bridgehead atoms. The fourth-order valence-corrected chi connectivity index (χ4v) is 2.82. The summed E-state index contributed by atoms with van der Waals surface area (Å²) < 4.78 is 16.5. The second-order valence-electron chi connectivity index (χ2n) is 5.33. The minimum absolute atomic E-state index is 0.112.